The molecule has 18 heavy (non-hydrogen) atoms. The second-order valence-corrected chi connectivity index (χ2v) is 4.59. The van der Waals surface area contributed by atoms with E-state index in [4.69, 9.17) is 10.8 Å². The van der Waals surface area contributed by atoms with Gasteiger partial charge in [-0.15, -0.1) is 0 Å². The molecule has 0 aliphatic carbocycles. The minimum absolute atomic E-state index is 0.0173. The molecule has 0 amide bonds. The molecule has 2 heterocycles. The summed E-state index contributed by atoms with van der Waals surface area (Å²) >= 11 is 3.40. The minimum atomic E-state index is -1.09. The van der Waals surface area contributed by atoms with Crippen LogP contribution < -0.4 is 5.73 Å². The fraction of sp³-hybridized carbons (Fsp3) is 0.182. The van der Waals surface area contributed by atoms with Gasteiger partial charge in [-0.05, 0) is 35.8 Å². The Morgan fingerprint density at radius 2 is 2.17 bits per heavy atom. The van der Waals surface area contributed by atoms with Crippen molar-refractivity contribution in [3.63, 3.8) is 0 Å². The maximum atomic E-state index is 11.0. The Balaban J connectivity index is 2.68. The maximum absolute atomic E-state index is 11.0. The third kappa shape index (κ3) is 1.86. The molecular formula is C11H11BrN4O2. The lowest BCUT2D eigenvalue weighted by Crippen LogP contribution is -2.11. The summed E-state index contributed by atoms with van der Waals surface area (Å²) in [6, 6.07) is 1.36. The van der Waals surface area contributed by atoms with Gasteiger partial charge in [0.1, 0.15) is 0 Å². The quantitative estimate of drug-likeness (QED) is 0.884. The van der Waals surface area contributed by atoms with Crippen LogP contribution in [0.4, 0.5) is 5.69 Å². The summed E-state index contributed by atoms with van der Waals surface area (Å²) in [6.45, 7) is 3.68. The average molecular weight is 311 g/mol. The zero-order chi connectivity index (χ0) is 13.4. The number of aromatic carboxylic acids is 1. The number of anilines is 1. The smallest absolute Gasteiger partial charge is 0.337 e. The van der Waals surface area contributed by atoms with Gasteiger partial charge in [0.2, 0.25) is 0 Å². The van der Waals surface area contributed by atoms with Crippen LogP contribution >= 0.6 is 15.9 Å². The Morgan fingerprint density at radius 1 is 1.50 bits per heavy atom. The number of nitrogens with zero attached hydrogens (tertiary/aromatic N) is 3. The summed E-state index contributed by atoms with van der Waals surface area (Å²) < 4.78 is 2.38. The highest BCUT2D eigenvalue weighted by atomic mass is 79.9. The van der Waals surface area contributed by atoms with E-state index in [-0.39, 0.29) is 11.3 Å². The monoisotopic (exact) mass is 310 g/mol. The largest absolute Gasteiger partial charge is 0.478 e. The lowest BCUT2D eigenvalue weighted by molar-refractivity contribution is 0.0698. The van der Waals surface area contributed by atoms with Crippen molar-refractivity contribution in [3.8, 4) is 5.82 Å². The first-order chi connectivity index (χ1) is 8.43. The summed E-state index contributed by atoms with van der Waals surface area (Å²) in [7, 11) is 0. The Bertz CT molecular complexity index is 636. The third-order valence-electron chi connectivity index (χ3n) is 2.60. The van der Waals surface area contributed by atoms with Crippen molar-refractivity contribution in [2.24, 2.45) is 0 Å². The van der Waals surface area contributed by atoms with Crippen LogP contribution in [0.15, 0.2) is 16.7 Å². The Hall–Kier alpha value is -1.89. The van der Waals surface area contributed by atoms with Crippen molar-refractivity contribution in [1.82, 2.24) is 14.8 Å². The molecule has 0 aliphatic heterocycles. The van der Waals surface area contributed by atoms with Gasteiger partial charge in [0.05, 0.1) is 27.1 Å². The van der Waals surface area contributed by atoms with E-state index in [1.807, 2.05) is 13.8 Å². The van der Waals surface area contributed by atoms with Gasteiger partial charge in [-0.1, -0.05) is 0 Å². The number of aryl methyl sites for hydroxylation is 1. The molecule has 0 saturated heterocycles. The number of hydrogen-bond acceptors (Lipinski definition) is 4. The first-order valence-electron chi connectivity index (χ1n) is 5.13. The highest BCUT2D eigenvalue weighted by molar-refractivity contribution is 9.10. The molecule has 2 rings (SSSR count). The molecule has 0 aromatic carbocycles. The number of carboxylic acids is 1. The van der Waals surface area contributed by atoms with Crippen molar-refractivity contribution < 1.29 is 9.90 Å². The maximum Gasteiger partial charge on any atom is 0.337 e. The van der Waals surface area contributed by atoms with Gasteiger partial charge in [0.25, 0.3) is 0 Å². The number of halogens is 1. The molecule has 0 fully saturated rings. The summed E-state index contributed by atoms with van der Waals surface area (Å²) in [6.07, 6.45) is 1.40. The van der Waals surface area contributed by atoms with Crippen LogP contribution in [0.1, 0.15) is 21.7 Å². The van der Waals surface area contributed by atoms with Crippen molar-refractivity contribution in [3.05, 3.63) is 33.7 Å². The first-order valence-corrected chi connectivity index (χ1v) is 5.92. The Kier molecular flexibility index (Phi) is 3.08. The Labute approximate surface area is 112 Å². The van der Waals surface area contributed by atoms with Crippen molar-refractivity contribution >= 4 is 27.6 Å². The van der Waals surface area contributed by atoms with Gasteiger partial charge in [-0.2, -0.15) is 5.10 Å². The molecule has 6 nitrogen and oxygen atoms in total. The highest BCUT2D eigenvalue weighted by Crippen LogP contribution is 2.25. The van der Waals surface area contributed by atoms with Gasteiger partial charge in [0, 0.05) is 6.20 Å². The average Bonchev–Trinajstić information content (AvgIpc) is 2.57. The predicted molar refractivity (Wildman–Crippen MR) is 69.9 cm³/mol. The van der Waals surface area contributed by atoms with E-state index in [0.29, 0.717) is 5.82 Å². The van der Waals surface area contributed by atoms with Crippen molar-refractivity contribution in [1.29, 1.82) is 0 Å². The van der Waals surface area contributed by atoms with Crippen molar-refractivity contribution in [2.75, 3.05) is 5.73 Å². The van der Waals surface area contributed by atoms with E-state index in [1.54, 1.807) is 0 Å². The zero-order valence-corrected chi connectivity index (χ0v) is 11.4. The van der Waals surface area contributed by atoms with E-state index < -0.39 is 5.97 Å². The molecule has 0 spiro atoms. The highest BCUT2D eigenvalue weighted by Gasteiger charge is 2.17. The van der Waals surface area contributed by atoms with Gasteiger partial charge >= 0.3 is 5.97 Å². The van der Waals surface area contributed by atoms with Crippen LogP contribution in [0.25, 0.3) is 5.82 Å². The molecule has 0 bridgehead atoms. The van der Waals surface area contributed by atoms with E-state index in [1.165, 1.54) is 16.9 Å². The molecule has 0 unspecified atom stereocenters. The summed E-state index contributed by atoms with van der Waals surface area (Å²) in [5, 5.41) is 13.3. The van der Waals surface area contributed by atoms with Crippen LogP contribution in [0.5, 0.6) is 0 Å². The summed E-state index contributed by atoms with van der Waals surface area (Å²) in [5.74, 6) is -0.766. The normalized spacial score (nSPS) is 10.6. The lowest BCUT2D eigenvalue weighted by atomic mass is 10.2. The fourth-order valence-electron chi connectivity index (χ4n) is 1.65. The molecular weight excluding hydrogens is 300 g/mol. The lowest BCUT2D eigenvalue weighted by Gasteiger charge is -2.08. The summed E-state index contributed by atoms with van der Waals surface area (Å²) in [5.41, 5.74) is 7.54. The van der Waals surface area contributed by atoms with Crippen LogP contribution in [0.3, 0.4) is 0 Å². The van der Waals surface area contributed by atoms with Gasteiger partial charge in [-0.25, -0.2) is 14.5 Å². The zero-order valence-electron chi connectivity index (χ0n) is 9.81. The minimum Gasteiger partial charge on any atom is -0.478 e. The molecule has 0 atom stereocenters. The van der Waals surface area contributed by atoms with E-state index >= 15 is 0 Å². The number of carboxylic acid groups (broad SMARTS) is 1. The molecule has 2 aromatic heterocycles. The topological polar surface area (TPSA) is 94.0 Å². The SMILES string of the molecule is Cc1nn(-c2nccc(C(=O)O)c2N)c(C)c1Br. The molecule has 0 saturated carbocycles. The van der Waals surface area contributed by atoms with E-state index in [2.05, 4.69) is 26.0 Å². The molecule has 2 aromatic rings. The Morgan fingerprint density at radius 3 is 2.67 bits per heavy atom. The summed E-state index contributed by atoms with van der Waals surface area (Å²) in [4.78, 5) is 15.1. The number of pyridine rings is 1. The number of nitrogens with two attached hydrogens (primary N) is 1. The van der Waals surface area contributed by atoms with Crippen LogP contribution in [-0.2, 0) is 0 Å². The third-order valence-corrected chi connectivity index (χ3v) is 3.75. The van der Waals surface area contributed by atoms with Crippen LogP contribution in [0, 0.1) is 13.8 Å². The number of nitrogen functional groups attached to an aromatic ring is 1. The van der Waals surface area contributed by atoms with Gasteiger partial charge in [-0.3, -0.25) is 0 Å². The standard InChI is InChI=1S/C11H11BrN4O2/c1-5-8(12)6(2)16(15-5)10-9(13)7(11(17)18)3-4-14-10/h3-4H,13H2,1-2H3,(H,17,18). The first kappa shape index (κ1) is 12.6. The molecule has 0 radical (unpaired) electrons. The molecule has 0 aliphatic rings. The second kappa shape index (κ2) is 4.41. The number of aromatic nitrogens is 3. The van der Waals surface area contributed by atoms with Crippen molar-refractivity contribution in [2.45, 2.75) is 13.8 Å². The predicted octanol–water partition coefficient (Wildman–Crippen LogP) is 1.93. The van der Waals surface area contributed by atoms with Crippen LogP contribution in [0.2, 0.25) is 0 Å². The van der Waals surface area contributed by atoms with E-state index in [9.17, 15) is 4.79 Å². The van der Waals surface area contributed by atoms with E-state index in [0.717, 1.165) is 15.9 Å². The van der Waals surface area contributed by atoms with Gasteiger partial charge in [0.15, 0.2) is 5.82 Å². The molecule has 3 N–H and O–H groups in total. The molecule has 7 heteroatoms. The van der Waals surface area contributed by atoms with Gasteiger partial charge < -0.3 is 10.8 Å². The fourth-order valence-corrected chi connectivity index (χ4v) is 1.89. The molecule has 94 valence electrons. The number of hydrogen-bond donors (Lipinski definition) is 2. The number of carbonyl (C=O) groups is 1. The second-order valence-electron chi connectivity index (χ2n) is 3.80. The number of rotatable bonds is 2. The van der Waals surface area contributed by atoms with Crippen LogP contribution in [-0.4, -0.2) is 25.8 Å².